The maximum Gasteiger partial charge on any atom is 0.491 e. The Balaban J connectivity index is 5.95. The Labute approximate surface area is 245 Å². The van der Waals surface area contributed by atoms with Crippen LogP contribution in [0, 0.1) is 0 Å². The van der Waals surface area contributed by atoms with Crippen molar-refractivity contribution in [3.05, 3.63) is 0 Å². The van der Waals surface area contributed by atoms with E-state index in [-0.39, 0.29) is 0 Å². The van der Waals surface area contributed by atoms with Crippen LogP contribution in [-0.2, 0) is 18.2 Å². The number of hydrogen-bond donors (Lipinski definition) is 1. The molecule has 0 unspecified atom stereocenters. The van der Waals surface area contributed by atoms with Crippen molar-refractivity contribution >= 4 is 7.82 Å². The van der Waals surface area contributed by atoms with Crippen molar-refractivity contribution in [2.45, 2.75) is 84.4 Å². The lowest BCUT2D eigenvalue weighted by molar-refractivity contribution is -0.440. The number of hydrogen-bond acceptors (Lipinski definition) is 5. The van der Waals surface area contributed by atoms with Crippen molar-refractivity contribution in [2.24, 2.45) is 5.90 Å². The van der Waals surface area contributed by atoms with E-state index in [1.165, 1.54) is 0 Å². The molecule has 0 aromatic heterocycles. The number of halogens is 26. The van der Waals surface area contributed by atoms with E-state index in [0.29, 0.717) is 0 Å². The predicted molar refractivity (Wildman–Crippen MR) is 95.6 cm³/mol. The predicted octanol–water partition coefficient (Wildman–Crippen LogP) is 9.28. The summed E-state index contributed by atoms with van der Waals surface area (Å²) in [4.78, 5) is 0. The van der Waals surface area contributed by atoms with Crippen LogP contribution in [0.25, 0.3) is 0 Å². The summed E-state index contributed by atoms with van der Waals surface area (Å²) < 4.78 is 361. The Kier molecular flexibility index (Phi) is 12.3. The molecule has 0 fully saturated rings. The average Bonchev–Trinajstić information content (AvgIpc) is 2.86. The van der Waals surface area contributed by atoms with Crippen LogP contribution < -0.4 is 5.90 Å². The number of alkyl halides is 26. The van der Waals surface area contributed by atoms with E-state index in [0.717, 1.165) is 0 Å². The third-order valence-corrected chi connectivity index (χ3v) is 6.71. The summed E-state index contributed by atoms with van der Waals surface area (Å²) in [5.41, 5.74) is 0. The summed E-state index contributed by atoms with van der Waals surface area (Å²) >= 11 is 0. The first-order valence-electron chi connectivity index (χ1n) is 10.7. The van der Waals surface area contributed by atoms with E-state index >= 15 is 0 Å². The maximum absolute atomic E-state index is 13.7. The van der Waals surface area contributed by atoms with E-state index in [4.69, 9.17) is 0 Å². The molecule has 0 aliphatic rings. The van der Waals surface area contributed by atoms with E-state index < -0.39 is 105 Å². The molecule has 0 saturated heterocycles. The summed E-state index contributed by atoms with van der Waals surface area (Å²) in [6, 6.07) is 0. The van der Waals surface area contributed by atoms with Gasteiger partial charge in [0.2, 0.25) is 0 Å². The molecule has 0 bridgehead atoms. The largest absolute Gasteiger partial charge is 0.491 e. The fourth-order valence-corrected chi connectivity index (χ4v) is 3.41. The fraction of sp³-hybridized carbons (Fsp3) is 1.00. The standard InChI is InChI=1S/C16H10F26NO4P/c17-5(18,7(21,22)9(25,26)11(29,30)13(33,34)15(37,38)39)1-3-45-48(44,47-43)46-4-2-6(19,20)8(23,24)10(27,28)12(31,32)14(35,36)16(40,41)42/h1-4,43H2. The smallest absolute Gasteiger partial charge is 0.286 e. The molecule has 290 valence electrons. The van der Waals surface area contributed by atoms with E-state index in [9.17, 15) is 119 Å². The van der Waals surface area contributed by atoms with Gasteiger partial charge in [-0.15, -0.1) is 0 Å². The first kappa shape index (κ1) is 46.2. The van der Waals surface area contributed by atoms with Gasteiger partial charge in [0.1, 0.15) is 0 Å². The minimum Gasteiger partial charge on any atom is -0.286 e. The highest BCUT2D eigenvalue weighted by atomic mass is 31.2. The SMILES string of the molecule is NOP(=O)(OCCC(F)(F)C(F)(F)C(F)(F)C(F)(F)C(F)(F)C(F)(F)F)OCCC(F)(F)C(F)(F)C(F)(F)C(F)(F)C(F)(F)C(F)(F)F. The normalized spacial score (nSPS) is 16.5. The Hall–Kier alpha value is -1.75. The monoisotopic (exact) mass is 805 g/mol. The van der Waals surface area contributed by atoms with Gasteiger partial charge in [-0.1, -0.05) is 0 Å². The molecule has 0 saturated carbocycles. The highest BCUT2D eigenvalue weighted by Crippen LogP contribution is 2.63. The average molecular weight is 805 g/mol. The Morgan fingerprint density at radius 1 is 0.375 bits per heavy atom. The summed E-state index contributed by atoms with van der Waals surface area (Å²) in [6.07, 6.45) is -22.3. The Bertz CT molecular complexity index is 1080. The molecule has 0 radical (unpaired) electrons. The van der Waals surface area contributed by atoms with Crippen molar-refractivity contribution in [2.75, 3.05) is 13.2 Å². The van der Waals surface area contributed by atoms with Gasteiger partial charge in [0.25, 0.3) is 0 Å². The lowest BCUT2D eigenvalue weighted by atomic mass is 9.93. The second-order valence-electron chi connectivity index (χ2n) is 8.72. The molecule has 0 heterocycles. The Morgan fingerprint density at radius 2 is 0.583 bits per heavy atom. The molecule has 0 aromatic carbocycles. The van der Waals surface area contributed by atoms with Gasteiger partial charge in [-0.2, -0.15) is 114 Å². The minimum absolute atomic E-state index is 2.74. The van der Waals surface area contributed by atoms with Crippen molar-refractivity contribution in [3.8, 4) is 0 Å². The third kappa shape index (κ3) is 7.20. The molecule has 32 heteroatoms. The first-order valence-corrected chi connectivity index (χ1v) is 12.1. The molecular weight excluding hydrogens is 795 g/mol. The van der Waals surface area contributed by atoms with Crippen LogP contribution in [0.15, 0.2) is 0 Å². The molecule has 0 amide bonds. The lowest BCUT2D eigenvalue weighted by Gasteiger charge is -2.39. The van der Waals surface area contributed by atoms with Crippen LogP contribution in [0.3, 0.4) is 0 Å². The van der Waals surface area contributed by atoms with Gasteiger partial charge in [-0.25, -0.2) is 15.1 Å². The van der Waals surface area contributed by atoms with Crippen LogP contribution >= 0.6 is 7.82 Å². The van der Waals surface area contributed by atoms with Crippen molar-refractivity contribution in [1.82, 2.24) is 0 Å². The zero-order chi connectivity index (χ0) is 39.4. The summed E-state index contributed by atoms with van der Waals surface area (Å²) in [7, 11) is -6.31. The fourth-order valence-electron chi connectivity index (χ4n) is 2.59. The Morgan fingerprint density at radius 3 is 0.771 bits per heavy atom. The second-order valence-corrected chi connectivity index (χ2v) is 10.3. The summed E-state index contributed by atoms with van der Waals surface area (Å²) in [6.45, 7) is -5.48. The van der Waals surface area contributed by atoms with Gasteiger partial charge in [0.05, 0.1) is 13.2 Å². The molecular formula is C16H10F26NO4P. The van der Waals surface area contributed by atoms with Gasteiger partial charge in [-0.3, -0.25) is 9.05 Å². The maximum atomic E-state index is 13.7. The highest BCUT2D eigenvalue weighted by Gasteiger charge is 2.92. The van der Waals surface area contributed by atoms with Crippen LogP contribution in [0.2, 0.25) is 0 Å². The lowest BCUT2D eigenvalue weighted by Crippen LogP contribution is -2.70. The highest BCUT2D eigenvalue weighted by molar-refractivity contribution is 7.48. The minimum atomic E-state index is -8.36. The van der Waals surface area contributed by atoms with Crippen molar-refractivity contribution in [3.63, 3.8) is 0 Å². The molecule has 0 rings (SSSR count). The van der Waals surface area contributed by atoms with Crippen LogP contribution in [0.1, 0.15) is 12.8 Å². The van der Waals surface area contributed by atoms with Crippen LogP contribution in [0.4, 0.5) is 114 Å². The molecule has 0 atom stereocenters. The number of phosphoric ester groups is 1. The zero-order valence-corrected chi connectivity index (χ0v) is 22.2. The van der Waals surface area contributed by atoms with Gasteiger partial charge < -0.3 is 0 Å². The summed E-state index contributed by atoms with van der Waals surface area (Å²) in [5, 5.41) is 0. The number of phosphoric acid groups is 1. The van der Waals surface area contributed by atoms with Crippen LogP contribution in [-0.4, -0.2) is 84.8 Å². The van der Waals surface area contributed by atoms with Crippen molar-refractivity contribution < 1.29 is 132 Å². The molecule has 2 N–H and O–H groups in total. The van der Waals surface area contributed by atoms with E-state index in [1.54, 1.807) is 0 Å². The molecule has 0 aromatic rings. The van der Waals surface area contributed by atoms with Gasteiger partial charge >= 0.3 is 79.4 Å². The molecule has 0 aliphatic heterocycles. The topological polar surface area (TPSA) is 70.8 Å². The molecule has 5 nitrogen and oxygen atoms in total. The van der Waals surface area contributed by atoms with E-state index in [2.05, 4.69) is 19.6 Å². The zero-order valence-electron chi connectivity index (χ0n) is 21.3. The number of nitrogens with two attached hydrogens (primary N) is 1. The van der Waals surface area contributed by atoms with Gasteiger partial charge in [0.15, 0.2) is 0 Å². The van der Waals surface area contributed by atoms with Crippen LogP contribution in [0.5, 0.6) is 0 Å². The molecule has 48 heavy (non-hydrogen) atoms. The van der Waals surface area contributed by atoms with E-state index in [1.807, 2.05) is 0 Å². The third-order valence-electron chi connectivity index (χ3n) is 5.46. The summed E-state index contributed by atoms with van der Waals surface area (Å²) in [5.74, 6) is -75.3. The first-order chi connectivity index (χ1) is 20.5. The van der Waals surface area contributed by atoms with Crippen molar-refractivity contribution in [1.29, 1.82) is 0 Å². The van der Waals surface area contributed by atoms with Gasteiger partial charge in [0, 0.05) is 12.8 Å². The molecule has 0 aliphatic carbocycles. The van der Waals surface area contributed by atoms with Gasteiger partial charge in [-0.05, 0) is 0 Å². The second kappa shape index (κ2) is 12.8. The molecule has 0 spiro atoms. The quantitative estimate of drug-likeness (QED) is 0.0903. The number of rotatable bonds is 17.